The Morgan fingerprint density at radius 3 is 2.40 bits per heavy atom. The van der Waals surface area contributed by atoms with Crippen LogP contribution in [0.25, 0.3) is 0 Å². The highest BCUT2D eigenvalue weighted by atomic mass is 19.1. The molecule has 1 aliphatic carbocycles. The van der Waals surface area contributed by atoms with Crippen molar-refractivity contribution in [2.45, 2.75) is 37.4 Å². The molecule has 2 nitrogen and oxygen atoms in total. The van der Waals surface area contributed by atoms with E-state index in [2.05, 4.69) is 0 Å². The fourth-order valence-electron chi connectivity index (χ4n) is 2.25. The van der Waals surface area contributed by atoms with Crippen molar-refractivity contribution in [3.63, 3.8) is 0 Å². The maximum Gasteiger partial charge on any atom is 0.129 e. The lowest BCUT2D eigenvalue weighted by Gasteiger charge is -2.28. The summed E-state index contributed by atoms with van der Waals surface area (Å²) in [6.07, 6.45) is 1.76. The van der Waals surface area contributed by atoms with Gasteiger partial charge in [-0.05, 0) is 18.9 Å². The van der Waals surface area contributed by atoms with E-state index in [1.807, 2.05) is 0 Å². The molecular weight excluding hydrogens is 195 g/mol. The van der Waals surface area contributed by atoms with Crippen LogP contribution in [0.2, 0.25) is 0 Å². The van der Waals surface area contributed by atoms with Crippen molar-refractivity contribution in [2.75, 3.05) is 0 Å². The molecule has 0 bridgehead atoms. The molecule has 1 aromatic carbocycles. The van der Waals surface area contributed by atoms with Crippen LogP contribution in [0, 0.1) is 5.82 Å². The van der Waals surface area contributed by atoms with Gasteiger partial charge in [-0.15, -0.1) is 0 Å². The summed E-state index contributed by atoms with van der Waals surface area (Å²) in [5, 5.41) is 20.1. The van der Waals surface area contributed by atoms with E-state index in [0.717, 1.165) is 12.8 Å². The third kappa shape index (κ3) is 1.90. The molecule has 1 unspecified atom stereocenters. The van der Waals surface area contributed by atoms with Gasteiger partial charge in [-0.2, -0.15) is 0 Å². The average molecular weight is 210 g/mol. The summed E-state index contributed by atoms with van der Waals surface area (Å²) in [4.78, 5) is 0. The second kappa shape index (κ2) is 3.91. The van der Waals surface area contributed by atoms with Crippen molar-refractivity contribution in [1.82, 2.24) is 0 Å². The minimum Gasteiger partial charge on any atom is -0.387 e. The van der Waals surface area contributed by atoms with Crippen LogP contribution in [0.4, 0.5) is 4.39 Å². The van der Waals surface area contributed by atoms with Gasteiger partial charge in [-0.3, -0.25) is 0 Å². The van der Waals surface area contributed by atoms with Crippen molar-refractivity contribution in [1.29, 1.82) is 0 Å². The Morgan fingerprint density at radius 2 is 1.80 bits per heavy atom. The maximum atomic E-state index is 13.4. The second-order valence-electron chi connectivity index (χ2n) is 4.23. The van der Waals surface area contributed by atoms with Crippen LogP contribution in [-0.4, -0.2) is 15.8 Å². The Morgan fingerprint density at radius 1 is 1.20 bits per heavy atom. The van der Waals surface area contributed by atoms with Gasteiger partial charge in [-0.1, -0.05) is 31.0 Å². The summed E-state index contributed by atoms with van der Waals surface area (Å²) in [5.41, 5.74) is -0.941. The molecule has 15 heavy (non-hydrogen) atoms. The maximum absolute atomic E-state index is 13.4. The molecule has 2 rings (SSSR count). The molecule has 1 aliphatic rings. The topological polar surface area (TPSA) is 40.5 Å². The van der Waals surface area contributed by atoms with Crippen LogP contribution in [0.5, 0.6) is 0 Å². The molecular formula is C12H15FO2. The smallest absolute Gasteiger partial charge is 0.129 e. The number of rotatable bonds is 2. The molecule has 2 N–H and O–H groups in total. The highest BCUT2D eigenvalue weighted by Gasteiger charge is 2.40. The molecule has 3 heteroatoms. The SMILES string of the molecule is OC(c1ccccc1F)C1(O)CCCC1. The minimum atomic E-state index is -1.14. The molecule has 82 valence electrons. The molecule has 0 aromatic heterocycles. The summed E-state index contributed by atoms with van der Waals surface area (Å²) in [5.74, 6) is -0.453. The van der Waals surface area contributed by atoms with Crippen molar-refractivity contribution >= 4 is 0 Å². The first kappa shape index (κ1) is 10.6. The number of aliphatic hydroxyl groups excluding tert-OH is 1. The number of aliphatic hydroxyl groups is 2. The Labute approximate surface area is 88.4 Å². The standard InChI is InChI=1S/C12H15FO2/c13-10-6-2-1-5-9(10)11(14)12(15)7-3-4-8-12/h1-2,5-6,11,14-15H,3-4,7-8H2. The van der Waals surface area contributed by atoms with Crippen molar-refractivity contribution in [3.05, 3.63) is 35.6 Å². The first-order chi connectivity index (χ1) is 7.13. The van der Waals surface area contributed by atoms with Gasteiger partial charge >= 0.3 is 0 Å². The monoisotopic (exact) mass is 210 g/mol. The number of hydrogen-bond acceptors (Lipinski definition) is 2. The summed E-state index contributed by atoms with van der Waals surface area (Å²) in [6, 6.07) is 6.07. The van der Waals surface area contributed by atoms with E-state index in [1.54, 1.807) is 12.1 Å². The molecule has 1 fully saturated rings. The van der Waals surface area contributed by atoms with Crippen LogP contribution >= 0.6 is 0 Å². The van der Waals surface area contributed by atoms with Crippen molar-refractivity contribution < 1.29 is 14.6 Å². The largest absolute Gasteiger partial charge is 0.387 e. The van der Waals surface area contributed by atoms with Crippen LogP contribution in [0.1, 0.15) is 37.4 Å². The highest BCUT2D eigenvalue weighted by molar-refractivity contribution is 5.22. The first-order valence-electron chi connectivity index (χ1n) is 5.28. The van der Waals surface area contributed by atoms with E-state index in [0.29, 0.717) is 12.8 Å². The van der Waals surface area contributed by atoms with E-state index in [-0.39, 0.29) is 5.56 Å². The zero-order valence-corrected chi connectivity index (χ0v) is 8.49. The van der Waals surface area contributed by atoms with E-state index < -0.39 is 17.5 Å². The minimum absolute atomic E-state index is 0.196. The lowest BCUT2D eigenvalue weighted by molar-refractivity contribution is -0.0733. The third-order valence-electron chi connectivity index (χ3n) is 3.18. The van der Waals surface area contributed by atoms with Gasteiger partial charge in [-0.25, -0.2) is 4.39 Å². The van der Waals surface area contributed by atoms with Crippen molar-refractivity contribution in [3.8, 4) is 0 Å². The van der Waals surface area contributed by atoms with E-state index >= 15 is 0 Å². The van der Waals surface area contributed by atoms with Crippen LogP contribution in [-0.2, 0) is 0 Å². The van der Waals surface area contributed by atoms with Gasteiger partial charge in [0.2, 0.25) is 0 Å². The highest BCUT2D eigenvalue weighted by Crippen LogP contribution is 2.40. The van der Waals surface area contributed by atoms with Crippen LogP contribution < -0.4 is 0 Å². The predicted octanol–water partition coefficient (Wildman–Crippen LogP) is 2.16. The summed E-state index contributed by atoms with van der Waals surface area (Å²) >= 11 is 0. The molecule has 0 heterocycles. The normalized spacial score (nSPS) is 21.5. The second-order valence-corrected chi connectivity index (χ2v) is 4.23. The molecule has 0 aliphatic heterocycles. The first-order valence-corrected chi connectivity index (χ1v) is 5.28. The van der Waals surface area contributed by atoms with Crippen LogP contribution in [0.15, 0.2) is 24.3 Å². The number of hydrogen-bond donors (Lipinski definition) is 2. The Balaban J connectivity index is 2.27. The molecule has 1 aromatic rings. The molecule has 0 radical (unpaired) electrons. The number of halogens is 1. The Kier molecular flexibility index (Phi) is 2.76. The van der Waals surface area contributed by atoms with Crippen molar-refractivity contribution in [2.24, 2.45) is 0 Å². The van der Waals surface area contributed by atoms with E-state index in [1.165, 1.54) is 12.1 Å². The molecule has 1 atom stereocenters. The third-order valence-corrected chi connectivity index (χ3v) is 3.18. The molecule has 0 saturated heterocycles. The summed E-state index contributed by atoms with van der Waals surface area (Å²) in [6.45, 7) is 0. The fraction of sp³-hybridized carbons (Fsp3) is 0.500. The van der Waals surface area contributed by atoms with Gasteiger partial charge in [0, 0.05) is 5.56 Å². The lowest BCUT2D eigenvalue weighted by Crippen LogP contribution is -2.33. The van der Waals surface area contributed by atoms with Crippen LogP contribution in [0.3, 0.4) is 0 Å². The molecule has 0 spiro atoms. The van der Waals surface area contributed by atoms with E-state index in [4.69, 9.17) is 0 Å². The van der Waals surface area contributed by atoms with Gasteiger partial charge in [0.15, 0.2) is 0 Å². The summed E-state index contributed by atoms with van der Waals surface area (Å²) < 4.78 is 13.4. The molecule has 1 saturated carbocycles. The van der Waals surface area contributed by atoms with Gasteiger partial charge < -0.3 is 10.2 Å². The predicted molar refractivity (Wildman–Crippen MR) is 54.8 cm³/mol. The van der Waals surface area contributed by atoms with Gasteiger partial charge in [0.25, 0.3) is 0 Å². The zero-order valence-electron chi connectivity index (χ0n) is 8.49. The van der Waals surface area contributed by atoms with E-state index in [9.17, 15) is 14.6 Å². The average Bonchev–Trinajstić information content (AvgIpc) is 2.66. The fourth-order valence-corrected chi connectivity index (χ4v) is 2.25. The quantitative estimate of drug-likeness (QED) is 0.785. The summed E-state index contributed by atoms with van der Waals surface area (Å²) in [7, 11) is 0. The number of benzene rings is 1. The Hall–Kier alpha value is -0.930. The zero-order chi connectivity index (χ0) is 10.9. The van der Waals surface area contributed by atoms with Gasteiger partial charge in [0.1, 0.15) is 11.9 Å². The lowest BCUT2D eigenvalue weighted by atomic mass is 9.89. The Bertz CT molecular complexity index is 345. The van der Waals surface area contributed by atoms with Gasteiger partial charge in [0.05, 0.1) is 5.60 Å². The molecule has 0 amide bonds.